The smallest absolute Gasteiger partial charge is 0.407 e. The maximum atomic E-state index is 14.4. The molecule has 0 aliphatic carbocycles. The standard InChI is InChI=1S/C49H60FN7O8/c1-29-28-32(50)18-23-35(29)57-36(30-14-19-33(20-15-30)51-42(58)38-12-10-26-55(38)44(60)40(48(2,3)4)53-46(62)64-8)24-25-37(57)31-16-21-34(22-17-31)52-43(59)39-13-11-27-56(39)45(61)41(49(5,6)7)54-47(63)65-9/h14-25,28,38-41H,10-13,26-27H2,1-9H3,(H,51,58)(H,52,59)(H,53,62)(H,54,63). The summed E-state index contributed by atoms with van der Waals surface area (Å²) >= 11 is 0. The van der Waals surface area contributed by atoms with Crippen LogP contribution in [0.5, 0.6) is 0 Å². The van der Waals surface area contributed by atoms with Gasteiger partial charge in [0, 0.05) is 30.2 Å². The van der Waals surface area contributed by atoms with E-state index in [2.05, 4.69) is 21.3 Å². The topological polar surface area (TPSA) is 180 Å². The van der Waals surface area contributed by atoms with Gasteiger partial charge in [-0.3, -0.25) is 19.2 Å². The van der Waals surface area contributed by atoms with Gasteiger partial charge in [0.1, 0.15) is 30.0 Å². The van der Waals surface area contributed by atoms with Crippen LogP contribution in [-0.4, -0.2) is 102 Å². The third-order valence-electron chi connectivity index (χ3n) is 12.0. The molecule has 1 aromatic heterocycles. The lowest BCUT2D eigenvalue weighted by molar-refractivity contribution is -0.140. The first-order valence-electron chi connectivity index (χ1n) is 21.8. The van der Waals surface area contributed by atoms with Gasteiger partial charge in [0.15, 0.2) is 0 Å². The summed E-state index contributed by atoms with van der Waals surface area (Å²) in [6.07, 6.45) is 0.766. The van der Waals surface area contributed by atoms with E-state index in [9.17, 15) is 33.2 Å². The molecule has 0 bridgehead atoms. The summed E-state index contributed by atoms with van der Waals surface area (Å²) in [4.78, 5) is 82.1. The van der Waals surface area contributed by atoms with E-state index in [1.54, 1.807) is 30.3 Å². The van der Waals surface area contributed by atoms with Gasteiger partial charge in [0.05, 0.1) is 25.6 Å². The number of hydrogen-bond acceptors (Lipinski definition) is 8. The van der Waals surface area contributed by atoms with Crippen LogP contribution in [-0.2, 0) is 28.7 Å². The van der Waals surface area contributed by atoms with Crippen molar-refractivity contribution in [2.45, 2.75) is 98.3 Å². The number of alkyl carbamates (subject to hydrolysis) is 2. The normalized spacial score (nSPS) is 17.2. The Kier molecular flexibility index (Phi) is 14.4. The number of benzene rings is 3. The van der Waals surface area contributed by atoms with Crippen molar-refractivity contribution in [3.8, 4) is 28.2 Å². The summed E-state index contributed by atoms with van der Waals surface area (Å²) in [5.74, 6) is -1.74. The van der Waals surface area contributed by atoms with Crippen LogP contribution in [0.2, 0.25) is 0 Å². The minimum Gasteiger partial charge on any atom is -0.453 e. The number of aryl methyl sites for hydroxylation is 1. The van der Waals surface area contributed by atoms with Crippen molar-refractivity contribution < 1.29 is 42.6 Å². The molecule has 0 spiro atoms. The quantitative estimate of drug-likeness (QED) is 0.119. The molecule has 4 aromatic rings. The first-order chi connectivity index (χ1) is 30.7. The number of carbonyl (C=O) groups is 6. The second-order valence-electron chi connectivity index (χ2n) is 18.8. The number of carbonyl (C=O) groups excluding carboxylic acids is 6. The second kappa shape index (κ2) is 19.6. The van der Waals surface area contributed by atoms with Crippen LogP contribution in [0.3, 0.4) is 0 Å². The highest BCUT2D eigenvalue weighted by atomic mass is 19.1. The molecule has 3 heterocycles. The third kappa shape index (κ3) is 10.8. The fourth-order valence-corrected chi connectivity index (χ4v) is 8.51. The molecular weight excluding hydrogens is 834 g/mol. The molecule has 2 aliphatic heterocycles. The summed E-state index contributed by atoms with van der Waals surface area (Å²) < 4.78 is 26.0. The Morgan fingerprint density at radius 2 is 1.02 bits per heavy atom. The summed E-state index contributed by atoms with van der Waals surface area (Å²) in [5, 5.41) is 11.2. The molecule has 346 valence electrons. The Morgan fingerprint density at radius 1 is 0.615 bits per heavy atom. The van der Waals surface area contributed by atoms with Crippen molar-refractivity contribution >= 4 is 47.2 Å². The van der Waals surface area contributed by atoms with E-state index in [0.717, 1.165) is 28.2 Å². The first-order valence-corrected chi connectivity index (χ1v) is 21.8. The fraction of sp³-hybridized carbons (Fsp3) is 0.429. The third-order valence-corrected chi connectivity index (χ3v) is 12.0. The van der Waals surface area contributed by atoms with E-state index in [1.807, 2.05) is 89.4 Å². The summed E-state index contributed by atoms with van der Waals surface area (Å²) in [6.45, 7) is 13.6. The number of aromatic nitrogens is 1. The van der Waals surface area contributed by atoms with Crippen LogP contribution in [0.1, 0.15) is 72.8 Å². The molecule has 6 rings (SSSR count). The van der Waals surface area contributed by atoms with Crippen molar-refractivity contribution in [2.24, 2.45) is 10.8 Å². The van der Waals surface area contributed by atoms with Gasteiger partial charge < -0.3 is 45.1 Å². The monoisotopic (exact) mass is 893 g/mol. The van der Waals surface area contributed by atoms with Gasteiger partial charge in [-0.2, -0.15) is 0 Å². The molecule has 2 saturated heterocycles. The number of nitrogens with one attached hydrogen (secondary N) is 4. The zero-order valence-electron chi connectivity index (χ0n) is 38.5. The Bertz CT molecular complexity index is 2280. The van der Waals surface area contributed by atoms with E-state index >= 15 is 0 Å². The van der Waals surface area contributed by atoms with Gasteiger partial charge in [0.2, 0.25) is 23.6 Å². The molecular formula is C49H60FN7O8. The number of nitrogens with zero attached hydrogens (tertiary/aromatic N) is 3. The molecule has 4 atom stereocenters. The SMILES string of the molecule is COC(=O)NC(C(=O)N1CCCC1C(=O)Nc1ccc(-c2ccc(-c3ccc(NC(=O)C4CCCN4C(=O)C(NC(=O)OC)C(C)(C)C)cc3)n2-c2ccc(F)cc2C)cc1)C(C)(C)C. The van der Waals surface area contributed by atoms with E-state index in [1.165, 1.54) is 36.2 Å². The number of methoxy groups -OCH3 is 2. The fourth-order valence-electron chi connectivity index (χ4n) is 8.51. The van der Waals surface area contributed by atoms with Crippen LogP contribution >= 0.6 is 0 Å². The van der Waals surface area contributed by atoms with Crippen LogP contribution in [0, 0.1) is 23.6 Å². The molecule has 4 unspecified atom stereocenters. The highest BCUT2D eigenvalue weighted by molar-refractivity contribution is 6.00. The maximum Gasteiger partial charge on any atom is 0.407 e. The summed E-state index contributed by atoms with van der Waals surface area (Å²) in [5.41, 5.74) is 4.46. The molecule has 2 aliphatic rings. The average molecular weight is 894 g/mol. The predicted molar refractivity (Wildman–Crippen MR) is 246 cm³/mol. The lowest BCUT2D eigenvalue weighted by Crippen LogP contribution is -2.57. The average Bonchev–Trinajstić information content (AvgIpc) is 4.05. The molecule has 6 amide bonds. The lowest BCUT2D eigenvalue weighted by Gasteiger charge is -2.35. The van der Waals surface area contributed by atoms with Gasteiger partial charge in [0.25, 0.3) is 0 Å². The Hall–Kier alpha value is -6.71. The van der Waals surface area contributed by atoms with Gasteiger partial charge >= 0.3 is 12.2 Å². The Balaban J connectivity index is 1.21. The van der Waals surface area contributed by atoms with Crippen molar-refractivity contribution in [3.05, 3.63) is 90.2 Å². The molecule has 16 heteroatoms. The minimum absolute atomic E-state index is 0.335. The van der Waals surface area contributed by atoms with Crippen molar-refractivity contribution in [2.75, 3.05) is 37.9 Å². The van der Waals surface area contributed by atoms with Crippen LogP contribution in [0.4, 0.5) is 25.4 Å². The summed E-state index contributed by atoms with van der Waals surface area (Å²) in [7, 11) is 2.47. The van der Waals surface area contributed by atoms with E-state index < -0.39 is 47.2 Å². The van der Waals surface area contributed by atoms with Crippen LogP contribution in [0.25, 0.3) is 28.2 Å². The molecule has 0 radical (unpaired) electrons. The highest BCUT2D eigenvalue weighted by Gasteiger charge is 2.43. The van der Waals surface area contributed by atoms with Crippen LogP contribution in [0.15, 0.2) is 78.9 Å². The zero-order valence-corrected chi connectivity index (χ0v) is 38.5. The van der Waals surface area contributed by atoms with Gasteiger partial charge in [-0.15, -0.1) is 0 Å². The highest BCUT2D eigenvalue weighted by Crippen LogP contribution is 2.36. The molecule has 4 N–H and O–H groups in total. The van der Waals surface area contributed by atoms with Crippen molar-refractivity contribution in [1.82, 2.24) is 25.0 Å². The number of likely N-dealkylation sites (tertiary alicyclic amines) is 2. The Labute approximate surface area is 379 Å². The molecule has 3 aromatic carbocycles. The zero-order chi connectivity index (χ0) is 47.4. The van der Waals surface area contributed by atoms with Crippen molar-refractivity contribution in [3.63, 3.8) is 0 Å². The lowest BCUT2D eigenvalue weighted by atomic mass is 9.85. The predicted octanol–water partition coefficient (Wildman–Crippen LogP) is 7.66. The van der Waals surface area contributed by atoms with Crippen LogP contribution < -0.4 is 21.3 Å². The van der Waals surface area contributed by atoms with E-state index in [0.29, 0.717) is 55.7 Å². The minimum atomic E-state index is -0.897. The number of anilines is 2. The molecule has 15 nitrogen and oxygen atoms in total. The maximum absolute atomic E-state index is 14.4. The number of ether oxygens (including phenoxy) is 2. The van der Waals surface area contributed by atoms with Gasteiger partial charge in [-0.25, -0.2) is 14.0 Å². The number of halogens is 1. The second-order valence-corrected chi connectivity index (χ2v) is 18.8. The largest absolute Gasteiger partial charge is 0.453 e. The number of rotatable bonds is 11. The number of hydrogen-bond donors (Lipinski definition) is 4. The summed E-state index contributed by atoms with van der Waals surface area (Å²) in [6, 6.07) is 19.9. The number of amides is 6. The Morgan fingerprint density at radius 3 is 1.37 bits per heavy atom. The van der Waals surface area contributed by atoms with Crippen molar-refractivity contribution in [1.29, 1.82) is 0 Å². The van der Waals surface area contributed by atoms with Gasteiger partial charge in [-0.05, 0) is 115 Å². The molecule has 65 heavy (non-hydrogen) atoms. The molecule has 0 saturated carbocycles. The van der Waals surface area contributed by atoms with Gasteiger partial charge in [-0.1, -0.05) is 65.8 Å². The molecule has 2 fully saturated rings. The van der Waals surface area contributed by atoms with E-state index in [4.69, 9.17) is 9.47 Å². The first kappa shape index (κ1) is 47.8. The van der Waals surface area contributed by atoms with E-state index in [-0.39, 0.29) is 29.4 Å².